The number of fused-ring (bicyclic) bond motifs is 1. The van der Waals surface area contributed by atoms with Gasteiger partial charge in [0.1, 0.15) is 17.1 Å². The van der Waals surface area contributed by atoms with Gasteiger partial charge in [0.05, 0.1) is 5.56 Å². The fourth-order valence-corrected chi connectivity index (χ4v) is 2.11. The molecule has 3 rings (SSSR count). The van der Waals surface area contributed by atoms with Gasteiger partial charge in [0.15, 0.2) is 5.65 Å². The van der Waals surface area contributed by atoms with Gasteiger partial charge in [-0.15, -0.1) is 0 Å². The lowest BCUT2D eigenvalue weighted by Gasteiger charge is -2.00. The number of imidazole rings is 1. The van der Waals surface area contributed by atoms with Crippen LogP contribution in [0.2, 0.25) is 0 Å². The summed E-state index contributed by atoms with van der Waals surface area (Å²) >= 11 is 3.23. The molecule has 0 radical (unpaired) electrons. The van der Waals surface area contributed by atoms with Gasteiger partial charge in [-0.05, 0) is 18.2 Å². The van der Waals surface area contributed by atoms with Crippen molar-refractivity contribution in [2.45, 2.75) is 0 Å². The molecular formula is C11H7BrN4O3. The average Bonchev–Trinajstić information content (AvgIpc) is 2.72. The summed E-state index contributed by atoms with van der Waals surface area (Å²) in [6, 6.07) is 4.88. The Kier molecular flexibility index (Phi) is 2.53. The molecule has 7 nitrogen and oxygen atoms in total. The lowest BCUT2D eigenvalue weighted by molar-refractivity contribution is 0.476. The molecule has 0 fully saturated rings. The molecule has 0 saturated carbocycles. The summed E-state index contributed by atoms with van der Waals surface area (Å²) in [6.45, 7) is 0. The molecule has 3 aromatic rings. The topological polar surface area (TPSA) is 115 Å². The Bertz CT molecular complexity index is 893. The van der Waals surface area contributed by atoms with Crippen LogP contribution in [0.4, 0.5) is 0 Å². The Hall–Kier alpha value is -2.35. The molecule has 0 aliphatic heterocycles. The second-order valence-electron chi connectivity index (χ2n) is 3.88. The molecular weight excluding hydrogens is 316 g/mol. The van der Waals surface area contributed by atoms with Gasteiger partial charge in [-0.1, -0.05) is 15.9 Å². The van der Waals surface area contributed by atoms with Crippen LogP contribution in [-0.4, -0.2) is 25.0 Å². The highest BCUT2D eigenvalue weighted by molar-refractivity contribution is 9.10. The molecule has 2 heterocycles. The number of aromatic nitrogens is 4. The van der Waals surface area contributed by atoms with Gasteiger partial charge in [-0.3, -0.25) is 14.8 Å². The van der Waals surface area contributed by atoms with Crippen molar-refractivity contribution in [2.75, 3.05) is 0 Å². The number of nitrogens with one attached hydrogen (secondary N) is 3. The number of H-pyrrole nitrogens is 3. The van der Waals surface area contributed by atoms with E-state index in [9.17, 15) is 14.7 Å². The molecule has 8 heteroatoms. The zero-order valence-corrected chi connectivity index (χ0v) is 10.9. The van der Waals surface area contributed by atoms with Crippen LogP contribution in [0, 0.1) is 0 Å². The SMILES string of the molecule is O=c1[nH]c(=O)c2[nH]c(-c3ccc(Br)cc3O)nc2[nH]1. The van der Waals surface area contributed by atoms with Crippen molar-refractivity contribution < 1.29 is 5.11 Å². The Morgan fingerprint density at radius 3 is 2.68 bits per heavy atom. The van der Waals surface area contributed by atoms with Crippen LogP contribution in [0.25, 0.3) is 22.6 Å². The van der Waals surface area contributed by atoms with E-state index in [1.54, 1.807) is 12.1 Å². The van der Waals surface area contributed by atoms with Crippen LogP contribution in [0.1, 0.15) is 0 Å². The first-order valence-corrected chi connectivity index (χ1v) is 6.05. The van der Waals surface area contributed by atoms with E-state index in [1.807, 2.05) is 0 Å². The van der Waals surface area contributed by atoms with Crippen molar-refractivity contribution in [1.29, 1.82) is 0 Å². The Labute approximate surface area is 113 Å². The normalized spacial score (nSPS) is 11.0. The lowest BCUT2D eigenvalue weighted by atomic mass is 10.2. The maximum atomic E-state index is 11.6. The molecule has 0 atom stereocenters. The molecule has 0 bridgehead atoms. The maximum Gasteiger partial charge on any atom is 0.327 e. The predicted molar refractivity (Wildman–Crippen MR) is 72.1 cm³/mol. The van der Waals surface area contributed by atoms with Gasteiger partial charge in [-0.25, -0.2) is 9.78 Å². The fourth-order valence-electron chi connectivity index (χ4n) is 1.77. The molecule has 0 aliphatic carbocycles. The number of hydrogen-bond donors (Lipinski definition) is 4. The van der Waals surface area contributed by atoms with Crippen molar-refractivity contribution in [1.82, 2.24) is 19.9 Å². The Morgan fingerprint density at radius 2 is 1.95 bits per heavy atom. The first kappa shape index (κ1) is 11.7. The number of rotatable bonds is 1. The van der Waals surface area contributed by atoms with Crippen molar-refractivity contribution in [2.24, 2.45) is 0 Å². The van der Waals surface area contributed by atoms with Crippen molar-refractivity contribution in [3.8, 4) is 17.1 Å². The standard InChI is InChI=1S/C11H7BrN4O3/c12-4-1-2-5(6(17)3-4)8-13-7-9(14-8)15-11(19)16-10(7)18/h1-3,17H,(H3,13,14,15,16,18,19). The quantitative estimate of drug-likeness (QED) is 0.536. The number of aromatic hydroxyl groups is 1. The molecule has 96 valence electrons. The Morgan fingerprint density at radius 1 is 1.16 bits per heavy atom. The summed E-state index contributed by atoms with van der Waals surface area (Å²) in [5, 5.41) is 9.85. The van der Waals surface area contributed by atoms with Crippen LogP contribution in [-0.2, 0) is 0 Å². The third-order valence-electron chi connectivity index (χ3n) is 2.60. The molecule has 1 aromatic carbocycles. The number of hydrogen-bond acceptors (Lipinski definition) is 4. The van der Waals surface area contributed by atoms with E-state index in [0.717, 1.165) is 4.47 Å². The van der Waals surface area contributed by atoms with Gasteiger partial charge in [0, 0.05) is 4.47 Å². The summed E-state index contributed by atoms with van der Waals surface area (Å²) in [4.78, 5) is 34.1. The van der Waals surface area contributed by atoms with E-state index >= 15 is 0 Å². The Balaban J connectivity index is 2.29. The van der Waals surface area contributed by atoms with Crippen molar-refractivity contribution in [3.63, 3.8) is 0 Å². The summed E-state index contributed by atoms with van der Waals surface area (Å²) < 4.78 is 0.719. The van der Waals surface area contributed by atoms with Gasteiger partial charge in [0.25, 0.3) is 5.56 Å². The summed E-state index contributed by atoms with van der Waals surface area (Å²) in [5.41, 5.74) is -0.465. The third kappa shape index (κ3) is 1.95. The highest BCUT2D eigenvalue weighted by Gasteiger charge is 2.12. The third-order valence-corrected chi connectivity index (χ3v) is 3.10. The minimum Gasteiger partial charge on any atom is -0.507 e. The number of phenols is 1. The molecule has 4 N–H and O–H groups in total. The lowest BCUT2D eigenvalue weighted by Crippen LogP contribution is -2.21. The van der Waals surface area contributed by atoms with E-state index < -0.39 is 11.2 Å². The monoisotopic (exact) mass is 322 g/mol. The number of phenolic OH excluding ortho intramolecular Hbond substituents is 1. The number of halogens is 1. The van der Waals surface area contributed by atoms with Crippen molar-refractivity contribution >= 4 is 27.1 Å². The van der Waals surface area contributed by atoms with E-state index in [2.05, 4.69) is 35.9 Å². The first-order chi connectivity index (χ1) is 9.04. The molecule has 0 spiro atoms. The smallest absolute Gasteiger partial charge is 0.327 e. The molecule has 0 aliphatic rings. The summed E-state index contributed by atoms with van der Waals surface area (Å²) in [5.74, 6) is 0.305. The molecule has 0 saturated heterocycles. The zero-order valence-electron chi connectivity index (χ0n) is 9.32. The highest BCUT2D eigenvalue weighted by atomic mass is 79.9. The van der Waals surface area contributed by atoms with Gasteiger partial charge >= 0.3 is 5.69 Å². The van der Waals surface area contributed by atoms with Crippen LogP contribution >= 0.6 is 15.9 Å². The first-order valence-electron chi connectivity index (χ1n) is 5.26. The number of aromatic amines is 3. The largest absolute Gasteiger partial charge is 0.507 e. The summed E-state index contributed by atoms with van der Waals surface area (Å²) in [7, 11) is 0. The van der Waals surface area contributed by atoms with Gasteiger partial charge in [-0.2, -0.15) is 0 Å². The maximum absolute atomic E-state index is 11.6. The van der Waals surface area contributed by atoms with Crippen molar-refractivity contribution in [3.05, 3.63) is 43.5 Å². The van der Waals surface area contributed by atoms with E-state index in [0.29, 0.717) is 11.4 Å². The molecule has 0 unspecified atom stereocenters. The number of nitrogens with zero attached hydrogens (tertiary/aromatic N) is 1. The van der Waals surface area contributed by atoms with E-state index in [4.69, 9.17) is 0 Å². The molecule has 2 aromatic heterocycles. The molecule has 0 amide bonds. The number of benzene rings is 1. The fraction of sp³-hybridized carbons (Fsp3) is 0. The zero-order chi connectivity index (χ0) is 13.6. The molecule has 19 heavy (non-hydrogen) atoms. The van der Waals surface area contributed by atoms with E-state index in [1.165, 1.54) is 6.07 Å². The predicted octanol–water partition coefficient (Wildman–Crippen LogP) is 1.07. The average molecular weight is 323 g/mol. The van der Waals surface area contributed by atoms with Gasteiger partial charge in [0.2, 0.25) is 0 Å². The highest BCUT2D eigenvalue weighted by Crippen LogP contribution is 2.30. The second-order valence-corrected chi connectivity index (χ2v) is 4.79. The van der Waals surface area contributed by atoms with Crippen LogP contribution in [0.3, 0.4) is 0 Å². The van der Waals surface area contributed by atoms with E-state index in [-0.39, 0.29) is 16.9 Å². The minimum atomic E-state index is -0.629. The van der Waals surface area contributed by atoms with Crippen LogP contribution in [0.15, 0.2) is 32.3 Å². The van der Waals surface area contributed by atoms with Crippen LogP contribution in [0.5, 0.6) is 5.75 Å². The van der Waals surface area contributed by atoms with Gasteiger partial charge < -0.3 is 10.1 Å². The second kappa shape index (κ2) is 4.09. The van der Waals surface area contributed by atoms with Crippen LogP contribution < -0.4 is 11.2 Å². The summed E-state index contributed by atoms with van der Waals surface area (Å²) in [6.07, 6.45) is 0. The minimum absolute atomic E-state index is 0.00667.